The Morgan fingerprint density at radius 3 is 2.58 bits per heavy atom. The van der Waals surface area contributed by atoms with E-state index in [9.17, 15) is 4.79 Å². The van der Waals surface area contributed by atoms with Gasteiger partial charge in [0.05, 0.1) is 6.10 Å². The highest BCUT2D eigenvalue weighted by atomic mass is 16.7. The zero-order valence-electron chi connectivity index (χ0n) is 11.8. The quantitative estimate of drug-likeness (QED) is 0.428. The Balaban J connectivity index is 2.46. The van der Waals surface area contributed by atoms with Crippen LogP contribution in [0.3, 0.4) is 0 Å². The highest BCUT2D eigenvalue weighted by molar-refractivity contribution is 5.65. The number of hydrogen-bond donors (Lipinski definition) is 0. The molecule has 0 N–H and O–H groups in total. The first-order valence-corrected chi connectivity index (χ1v) is 6.61. The lowest BCUT2D eigenvalue weighted by Gasteiger charge is -2.19. The largest absolute Gasteiger partial charge is 0.436 e. The lowest BCUT2D eigenvalue weighted by atomic mass is 10.1. The van der Waals surface area contributed by atoms with Gasteiger partial charge in [0.25, 0.3) is 0 Å². The van der Waals surface area contributed by atoms with Crippen LogP contribution in [-0.4, -0.2) is 18.4 Å². The molecule has 1 aromatic carbocycles. The number of carbonyl (C=O) groups is 1. The summed E-state index contributed by atoms with van der Waals surface area (Å²) in [6, 6.07) is 10.3. The van der Waals surface area contributed by atoms with Crippen molar-refractivity contribution >= 4 is 5.97 Å². The van der Waals surface area contributed by atoms with E-state index < -0.39 is 6.29 Å². The smallest absolute Gasteiger partial charge is 0.304 e. The van der Waals surface area contributed by atoms with Crippen molar-refractivity contribution in [3.63, 3.8) is 0 Å². The van der Waals surface area contributed by atoms with E-state index in [2.05, 4.69) is 12.1 Å². The minimum absolute atomic E-state index is 0.0421. The van der Waals surface area contributed by atoms with Crippen LogP contribution in [-0.2, 0) is 20.7 Å². The SMILES string of the molecule is C/C=C\C(CCc1ccccc1)OC(C)OC(C)=O. The first-order valence-electron chi connectivity index (χ1n) is 6.61. The Kier molecular flexibility index (Phi) is 6.90. The Hall–Kier alpha value is -1.61. The number of ether oxygens (including phenoxy) is 2. The third kappa shape index (κ3) is 6.77. The summed E-state index contributed by atoms with van der Waals surface area (Å²) >= 11 is 0. The van der Waals surface area contributed by atoms with Crippen LogP contribution in [0.4, 0.5) is 0 Å². The summed E-state index contributed by atoms with van der Waals surface area (Å²) in [5.41, 5.74) is 1.28. The van der Waals surface area contributed by atoms with E-state index in [-0.39, 0.29) is 12.1 Å². The number of hydrogen-bond acceptors (Lipinski definition) is 3. The molecule has 3 heteroatoms. The lowest BCUT2D eigenvalue weighted by Crippen LogP contribution is -2.23. The van der Waals surface area contributed by atoms with Gasteiger partial charge in [0.2, 0.25) is 6.29 Å². The van der Waals surface area contributed by atoms with E-state index >= 15 is 0 Å². The Bertz CT molecular complexity index is 398. The van der Waals surface area contributed by atoms with Gasteiger partial charge in [-0.3, -0.25) is 4.79 Å². The molecule has 2 unspecified atom stereocenters. The van der Waals surface area contributed by atoms with Crippen molar-refractivity contribution in [3.8, 4) is 0 Å². The van der Waals surface area contributed by atoms with Crippen LogP contribution in [0.2, 0.25) is 0 Å². The second-order valence-electron chi connectivity index (χ2n) is 4.40. The molecule has 0 aromatic heterocycles. The Morgan fingerprint density at radius 1 is 1.32 bits per heavy atom. The topological polar surface area (TPSA) is 35.5 Å². The molecule has 1 rings (SSSR count). The maximum absolute atomic E-state index is 10.9. The van der Waals surface area contributed by atoms with E-state index in [4.69, 9.17) is 9.47 Å². The predicted octanol–water partition coefficient (Wildman–Crippen LogP) is 3.49. The molecule has 19 heavy (non-hydrogen) atoms. The summed E-state index contributed by atoms with van der Waals surface area (Å²) in [6.45, 7) is 5.07. The molecular weight excluding hydrogens is 240 g/mol. The number of benzene rings is 1. The summed E-state index contributed by atoms with van der Waals surface area (Å²) in [6.07, 6.45) is 5.18. The maximum atomic E-state index is 10.9. The molecule has 104 valence electrons. The van der Waals surface area contributed by atoms with Crippen molar-refractivity contribution in [3.05, 3.63) is 48.0 Å². The highest BCUT2D eigenvalue weighted by Crippen LogP contribution is 2.11. The van der Waals surface area contributed by atoms with Crippen LogP contribution in [0.1, 0.15) is 32.8 Å². The summed E-state index contributed by atoms with van der Waals surface area (Å²) < 4.78 is 10.7. The first kappa shape index (κ1) is 15.4. The lowest BCUT2D eigenvalue weighted by molar-refractivity contribution is -0.178. The van der Waals surface area contributed by atoms with Crippen molar-refractivity contribution in [2.75, 3.05) is 0 Å². The summed E-state index contributed by atoms with van der Waals surface area (Å²) in [5.74, 6) is -0.324. The molecule has 0 fully saturated rings. The average Bonchev–Trinajstić information content (AvgIpc) is 2.36. The van der Waals surface area contributed by atoms with E-state index in [0.717, 1.165) is 12.8 Å². The molecule has 0 radical (unpaired) electrons. The van der Waals surface area contributed by atoms with Crippen LogP contribution in [0.25, 0.3) is 0 Å². The predicted molar refractivity (Wildman–Crippen MR) is 75.7 cm³/mol. The fourth-order valence-corrected chi connectivity index (χ4v) is 1.89. The van der Waals surface area contributed by atoms with Crippen molar-refractivity contribution in [1.82, 2.24) is 0 Å². The van der Waals surface area contributed by atoms with Gasteiger partial charge in [-0.25, -0.2) is 0 Å². The summed E-state index contributed by atoms with van der Waals surface area (Å²) in [7, 11) is 0. The van der Waals surface area contributed by atoms with E-state index in [1.54, 1.807) is 6.92 Å². The van der Waals surface area contributed by atoms with E-state index in [1.165, 1.54) is 12.5 Å². The molecule has 2 atom stereocenters. The first-order chi connectivity index (χ1) is 9.11. The van der Waals surface area contributed by atoms with Crippen LogP contribution in [0.15, 0.2) is 42.5 Å². The molecule has 0 saturated heterocycles. The van der Waals surface area contributed by atoms with Gasteiger partial charge in [-0.1, -0.05) is 42.5 Å². The van der Waals surface area contributed by atoms with Gasteiger partial charge in [-0.15, -0.1) is 0 Å². The standard InChI is InChI=1S/C16H22O3/c1-4-8-16(19-14(3)18-13(2)17)12-11-15-9-6-5-7-10-15/h4-10,14,16H,11-12H2,1-3H3/b8-4-. The van der Waals surface area contributed by atoms with Gasteiger partial charge in [0.1, 0.15) is 0 Å². The van der Waals surface area contributed by atoms with Crippen LogP contribution >= 0.6 is 0 Å². The van der Waals surface area contributed by atoms with Crippen LogP contribution < -0.4 is 0 Å². The third-order valence-corrected chi connectivity index (χ3v) is 2.67. The van der Waals surface area contributed by atoms with Crippen LogP contribution in [0.5, 0.6) is 0 Å². The zero-order chi connectivity index (χ0) is 14.1. The molecule has 0 heterocycles. The van der Waals surface area contributed by atoms with Crippen molar-refractivity contribution < 1.29 is 14.3 Å². The molecule has 3 nitrogen and oxygen atoms in total. The third-order valence-electron chi connectivity index (χ3n) is 2.67. The summed E-state index contributed by atoms with van der Waals surface area (Å²) in [4.78, 5) is 10.9. The van der Waals surface area contributed by atoms with Crippen LogP contribution in [0, 0.1) is 0 Å². The molecule has 1 aromatic rings. The minimum Gasteiger partial charge on any atom is -0.436 e. The van der Waals surface area contributed by atoms with Crippen molar-refractivity contribution in [1.29, 1.82) is 0 Å². The zero-order valence-corrected chi connectivity index (χ0v) is 11.8. The normalized spacial score (nSPS) is 14.3. The highest BCUT2D eigenvalue weighted by Gasteiger charge is 2.12. The molecule has 0 spiro atoms. The Morgan fingerprint density at radius 2 is 2.00 bits per heavy atom. The molecule has 0 saturated carbocycles. The van der Waals surface area contributed by atoms with Crippen molar-refractivity contribution in [2.24, 2.45) is 0 Å². The number of carbonyl (C=O) groups excluding carboxylic acids is 1. The molecular formula is C16H22O3. The van der Waals surface area contributed by atoms with Gasteiger partial charge in [0.15, 0.2) is 0 Å². The fourth-order valence-electron chi connectivity index (χ4n) is 1.89. The Labute approximate surface area is 115 Å². The number of allylic oxidation sites excluding steroid dienone is 1. The number of esters is 1. The van der Waals surface area contributed by atoms with E-state index in [0.29, 0.717) is 0 Å². The molecule has 0 aliphatic rings. The number of rotatable bonds is 7. The second kappa shape index (κ2) is 8.48. The minimum atomic E-state index is -0.519. The van der Waals surface area contributed by atoms with Gasteiger partial charge in [-0.2, -0.15) is 0 Å². The van der Waals surface area contributed by atoms with Gasteiger partial charge in [-0.05, 0) is 32.3 Å². The van der Waals surface area contributed by atoms with Gasteiger partial charge < -0.3 is 9.47 Å². The summed E-state index contributed by atoms with van der Waals surface area (Å²) in [5, 5.41) is 0. The molecule has 0 aliphatic heterocycles. The second-order valence-corrected chi connectivity index (χ2v) is 4.40. The molecule has 0 amide bonds. The van der Waals surface area contributed by atoms with Gasteiger partial charge >= 0.3 is 5.97 Å². The monoisotopic (exact) mass is 262 g/mol. The molecule has 0 bridgehead atoms. The maximum Gasteiger partial charge on any atom is 0.304 e. The average molecular weight is 262 g/mol. The fraction of sp³-hybridized carbons (Fsp3) is 0.438. The number of aryl methyl sites for hydroxylation is 1. The molecule has 0 aliphatic carbocycles. The van der Waals surface area contributed by atoms with Crippen molar-refractivity contribution in [2.45, 2.75) is 46.0 Å². The van der Waals surface area contributed by atoms with E-state index in [1.807, 2.05) is 37.3 Å². The van der Waals surface area contributed by atoms with Gasteiger partial charge in [0, 0.05) is 6.92 Å².